The van der Waals surface area contributed by atoms with Gasteiger partial charge in [-0.25, -0.2) is 9.37 Å². The van der Waals surface area contributed by atoms with Gasteiger partial charge >= 0.3 is 0 Å². The van der Waals surface area contributed by atoms with E-state index in [1.807, 2.05) is 36.9 Å². The minimum Gasteiger partial charge on any atom is -0.331 e. The fraction of sp³-hybridized carbons (Fsp3) is 0.417. The molecule has 154 valence electrons. The van der Waals surface area contributed by atoms with Gasteiger partial charge in [-0.05, 0) is 62.1 Å². The molecule has 0 saturated heterocycles. The predicted molar refractivity (Wildman–Crippen MR) is 116 cm³/mol. The zero-order valence-corrected chi connectivity index (χ0v) is 17.8. The maximum Gasteiger partial charge on any atom is 0.254 e. The molecule has 1 heterocycles. The van der Waals surface area contributed by atoms with Crippen molar-refractivity contribution in [3.63, 3.8) is 0 Å². The van der Waals surface area contributed by atoms with E-state index in [2.05, 4.69) is 23.4 Å². The molecule has 0 N–H and O–H groups in total. The number of carbonyl (C=O) groups is 1. The highest BCUT2D eigenvalue weighted by Gasteiger charge is 2.20. The lowest BCUT2D eigenvalue weighted by Crippen LogP contribution is -2.32. The monoisotopic (exact) mass is 395 g/mol. The van der Waals surface area contributed by atoms with Gasteiger partial charge in [0.1, 0.15) is 11.6 Å². The van der Waals surface area contributed by atoms with Crippen LogP contribution in [0.25, 0.3) is 11.0 Å². The van der Waals surface area contributed by atoms with E-state index in [9.17, 15) is 9.18 Å². The number of unbranched alkanes of at least 4 members (excludes halogenated alkanes) is 1. The highest BCUT2D eigenvalue weighted by Crippen LogP contribution is 2.21. The minimum absolute atomic E-state index is 0.0165. The van der Waals surface area contributed by atoms with Crippen LogP contribution in [0.15, 0.2) is 36.4 Å². The minimum atomic E-state index is -0.292. The van der Waals surface area contributed by atoms with Crippen LogP contribution in [-0.2, 0) is 13.1 Å². The number of amides is 1. The molecule has 29 heavy (non-hydrogen) atoms. The molecule has 0 aliphatic heterocycles. The quantitative estimate of drug-likeness (QED) is 0.495. The lowest BCUT2D eigenvalue weighted by Gasteiger charge is -2.23. The number of nitrogens with zero attached hydrogens (tertiary/aromatic N) is 3. The maximum absolute atomic E-state index is 13.7. The molecule has 0 saturated carbocycles. The second-order valence-corrected chi connectivity index (χ2v) is 7.69. The number of benzene rings is 2. The number of fused-ring (bicyclic) bond motifs is 1. The molecule has 4 nitrogen and oxygen atoms in total. The SMILES string of the molecule is CCCCN(Cc1nc2cc(F)ccc2n1CCC)C(=O)c1ccc(C)c(C)c1. The lowest BCUT2D eigenvalue weighted by molar-refractivity contribution is 0.0734. The molecular formula is C24H30FN3O. The van der Waals surface area contributed by atoms with E-state index in [0.29, 0.717) is 24.2 Å². The molecule has 0 radical (unpaired) electrons. The number of halogens is 1. The molecule has 2 aromatic carbocycles. The molecule has 1 aromatic heterocycles. The first kappa shape index (κ1) is 21.0. The van der Waals surface area contributed by atoms with Crippen molar-refractivity contribution < 1.29 is 9.18 Å². The molecule has 0 atom stereocenters. The van der Waals surface area contributed by atoms with Crippen molar-refractivity contribution in [3.8, 4) is 0 Å². The van der Waals surface area contributed by atoms with E-state index in [1.165, 1.54) is 17.7 Å². The maximum atomic E-state index is 13.7. The molecule has 5 heteroatoms. The van der Waals surface area contributed by atoms with Crippen LogP contribution in [-0.4, -0.2) is 26.9 Å². The molecule has 0 unspecified atom stereocenters. The third-order valence-electron chi connectivity index (χ3n) is 5.39. The summed E-state index contributed by atoms with van der Waals surface area (Å²) < 4.78 is 15.8. The third kappa shape index (κ3) is 4.66. The smallest absolute Gasteiger partial charge is 0.254 e. The first-order valence-corrected chi connectivity index (χ1v) is 10.5. The number of aromatic nitrogens is 2. The predicted octanol–water partition coefficient (Wildman–Crippen LogP) is 5.64. The van der Waals surface area contributed by atoms with Crippen molar-refractivity contribution in [2.75, 3.05) is 6.54 Å². The van der Waals surface area contributed by atoms with Gasteiger partial charge in [0, 0.05) is 24.7 Å². The second kappa shape index (κ2) is 9.21. The summed E-state index contributed by atoms with van der Waals surface area (Å²) in [6, 6.07) is 10.6. The van der Waals surface area contributed by atoms with Gasteiger partial charge in [-0.3, -0.25) is 4.79 Å². The summed E-state index contributed by atoms with van der Waals surface area (Å²) >= 11 is 0. The molecule has 0 bridgehead atoms. The third-order valence-corrected chi connectivity index (χ3v) is 5.39. The second-order valence-electron chi connectivity index (χ2n) is 7.69. The van der Waals surface area contributed by atoms with Crippen molar-refractivity contribution in [2.45, 2.75) is 60.0 Å². The Bertz CT molecular complexity index is 1010. The summed E-state index contributed by atoms with van der Waals surface area (Å²) in [5.41, 5.74) is 4.54. The molecule has 0 aliphatic rings. The van der Waals surface area contributed by atoms with Gasteiger partial charge < -0.3 is 9.47 Å². The van der Waals surface area contributed by atoms with E-state index in [0.717, 1.165) is 42.7 Å². The van der Waals surface area contributed by atoms with Gasteiger partial charge in [0.05, 0.1) is 17.6 Å². The topological polar surface area (TPSA) is 38.1 Å². The zero-order valence-electron chi connectivity index (χ0n) is 17.8. The van der Waals surface area contributed by atoms with Crippen molar-refractivity contribution >= 4 is 16.9 Å². The van der Waals surface area contributed by atoms with Crippen LogP contribution in [0.5, 0.6) is 0 Å². The Balaban J connectivity index is 1.96. The fourth-order valence-corrected chi connectivity index (χ4v) is 3.58. The summed E-state index contributed by atoms with van der Waals surface area (Å²) in [5.74, 6) is 0.530. The number of rotatable bonds is 8. The first-order valence-electron chi connectivity index (χ1n) is 10.5. The number of hydrogen-bond acceptors (Lipinski definition) is 2. The fourth-order valence-electron chi connectivity index (χ4n) is 3.58. The Kier molecular flexibility index (Phi) is 6.68. The molecule has 0 fully saturated rings. The van der Waals surface area contributed by atoms with Gasteiger partial charge in [0.25, 0.3) is 5.91 Å². The molecule has 3 rings (SSSR count). The van der Waals surface area contributed by atoms with Crippen molar-refractivity contribution in [2.24, 2.45) is 0 Å². The summed E-state index contributed by atoms with van der Waals surface area (Å²) in [6.45, 7) is 10.2. The molecule has 1 amide bonds. The molecule has 0 spiro atoms. The van der Waals surface area contributed by atoms with Crippen LogP contribution in [0.1, 0.15) is 60.4 Å². The van der Waals surface area contributed by atoms with Gasteiger partial charge in [0.2, 0.25) is 0 Å². The van der Waals surface area contributed by atoms with E-state index < -0.39 is 0 Å². The van der Waals surface area contributed by atoms with Crippen molar-refractivity contribution in [1.29, 1.82) is 0 Å². The molecule has 3 aromatic rings. The molecular weight excluding hydrogens is 365 g/mol. The Morgan fingerprint density at radius 1 is 1.07 bits per heavy atom. The van der Waals surface area contributed by atoms with Crippen LogP contribution >= 0.6 is 0 Å². The van der Waals surface area contributed by atoms with Crippen molar-refractivity contribution in [3.05, 3.63) is 64.7 Å². The largest absolute Gasteiger partial charge is 0.331 e. The van der Waals surface area contributed by atoms with Gasteiger partial charge in [0.15, 0.2) is 0 Å². The van der Waals surface area contributed by atoms with E-state index >= 15 is 0 Å². The zero-order chi connectivity index (χ0) is 21.0. The Morgan fingerprint density at radius 2 is 1.86 bits per heavy atom. The van der Waals surface area contributed by atoms with Gasteiger partial charge in [-0.2, -0.15) is 0 Å². The number of imidazole rings is 1. The van der Waals surface area contributed by atoms with Crippen LogP contribution in [0.3, 0.4) is 0 Å². The summed E-state index contributed by atoms with van der Waals surface area (Å²) in [5, 5.41) is 0. The van der Waals surface area contributed by atoms with E-state index in [-0.39, 0.29) is 11.7 Å². The number of aryl methyl sites for hydroxylation is 3. The highest BCUT2D eigenvalue weighted by atomic mass is 19.1. The normalized spacial score (nSPS) is 11.2. The van der Waals surface area contributed by atoms with Gasteiger partial charge in [-0.15, -0.1) is 0 Å². The van der Waals surface area contributed by atoms with Crippen LogP contribution in [0, 0.1) is 19.7 Å². The lowest BCUT2D eigenvalue weighted by atomic mass is 10.1. The summed E-state index contributed by atoms with van der Waals surface area (Å²) in [7, 11) is 0. The summed E-state index contributed by atoms with van der Waals surface area (Å²) in [4.78, 5) is 19.8. The average Bonchev–Trinajstić information content (AvgIpc) is 3.03. The van der Waals surface area contributed by atoms with Crippen molar-refractivity contribution in [1.82, 2.24) is 14.5 Å². The number of hydrogen-bond donors (Lipinski definition) is 0. The Hall–Kier alpha value is -2.69. The highest BCUT2D eigenvalue weighted by molar-refractivity contribution is 5.94. The van der Waals surface area contributed by atoms with E-state index in [4.69, 9.17) is 0 Å². The molecule has 0 aliphatic carbocycles. The average molecular weight is 396 g/mol. The first-order chi connectivity index (χ1) is 13.9. The number of carbonyl (C=O) groups excluding carboxylic acids is 1. The standard InChI is InChI=1S/C24H30FN3O/c1-5-7-13-27(24(29)19-9-8-17(3)18(4)14-19)16-23-26-21-15-20(25)10-11-22(21)28(23)12-6-2/h8-11,14-15H,5-7,12-13,16H2,1-4H3. The van der Waals surface area contributed by atoms with Crippen LogP contribution < -0.4 is 0 Å². The van der Waals surface area contributed by atoms with E-state index in [1.54, 1.807) is 6.07 Å². The summed E-state index contributed by atoms with van der Waals surface area (Å²) in [6.07, 6.45) is 2.88. The van der Waals surface area contributed by atoms with Crippen LogP contribution in [0.2, 0.25) is 0 Å². The Labute approximate surface area is 172 Å². The Morgan fingerprint density at radius 3 is 2.55 bits per heavy atom. The van der Waals surface area contributed by atoms with Gasteiger partial charge in [-0.1, -0.05) is 26.3 Å². The van der Waals surface area contributed by atoms with Crippen LogP contribution in [0.4, 0.5) is 4.39 Å².